The van der Waals surface area contributed by atoms with E-state index < -0.39 is 0 Å². The number of halogens is 1. The summed E-state index contributed by atoms with van der Waals surface area (Å²) < 4.78 is 13.6. The van der Waals surface area contributed by atoms with Crippen LogP contribution in [0.3, 0.4) is 0 Å². The number of carbonyl (C=O) groups excluding carboxylic acids is 1. The minimum absolute atomic E-state index is 0.141. The molecule has 0 unspecified atom stereocenters. The predicted octanol–water partition coefficient (Wildman–Crippen LogP) is 2.87. The lowest BCUT2D eigenvalue weighted by Crippen LogP contribution is -2.50. The first-order valence-electron chi connectivity index (χ1n) is 8.32. The highest BCUT2D eigenvalue weighted by atomic mass is 19.1. The average molecular weight is 304 g/mol. The van der Waals surface area contributed by atoms with E-state index in [1.54, 1.807) is 13.0 Å². The van der Waals surface area contributed by atoms with Crippen molar-refractivity contribution in [2.45, 2.75) is 45.7 Å². The van der Waals surface area contributed by atoms with Gasteiger partial charge >= 0.3 is 0 Å². The highest BCUT2D eigenvalue weighted by Gasteiger charge is 2.36. The summed E-state index contributed by atoms with van der Waals surface area (Å²) in [6.45, 7) is 6.35. The van der Waals surface area contributed by atoms with E-state index in [-0.39, 0.29) is 5.82 Å². The molecule has 22 heavy (non-hydrogen) atoms. The van der Waals surface area contributed by atoms with Gasteiger partial charge < -0.3 is 10.2 Å². The summed E-state index contributed by atoms with van der Waals surface area (Å²) >= 11 is 0. The van der Waals surface area contributed by atoms with Crippen molar-refractivity contribution in [3.05, 3.63) is 35.1 Å². The van der Waals surface area contributed by atoms with Crippen molar-refractivity contribution < 1.29 is 9.18 Å². The Morgan fingerprint density at radius 3 is 2.77 bits per heavy atom. The first-order chi connectivity index (χ1) is 10.5. The lowest BCUT2D eigenvalue weighted by atomic mass is 9.93. The molecule has 0 radical (unpaired) electrons. The molecule has 2 fully saturated rings. The fourth-order valence-corrected chi connectivity index (χ4v) is 3.23. The summed E-state index contributed by atoms with van der Waals surface area (Å²) in [5, 5.41) is 3.53. The fourth-order valence-electron chi connectivity index (χ4n) is 3.23. The number of hydrogen-bond donors (Lipinski definition) is 1. The molecule has 3 nitrogen and oxygen atoms in total. The van der Waals surface area contributed by atoms with Crippen molar-refractivity contribution in [2.24, 2.45) is 11.8 Å². The van der Waals surface area contributed by atoms with Crippen LogP contribution in [0.4, 0.5) is 4.39 Å². The number of amides is 1. The van der Waals surface area contributed by atoms with Crippen LogP contribution in [0, 0.1) is 24.6 Å². The van der Waals surface area contributed by atoms with E-state index >= 15 is 0 Å². The molecule has 3 rings (SSSR count). The van der Waals surface area contributed by atoms with Crippen LogP contribution in [0.25, 0.3) is 0 Å². The van der Waals surface area contributed by atoms with Gasteiger partial charge in [-0.25, -0.2) is 4.39 Å². The standard InChI is InChI=1S/C18H25FN2O/c1-12-3-4-14(9-16(12)19)10-20-17-7-8-21(11-13(17)2)18(22)15-5-6-15/h3-4,9,13,15,17,20H,5-8,10-11H2,1-2H3/t13-,17-/m1/s1. The zero-order valence-electron chi connectivity index (χ0n) is 13.4. The normalized spacial score (nSPS) is 25.3. The largest absolute Gasteiger partial charge is 0.342 e. The van der Waals surface area contributed by atoms with Gasteiger partial charge in [0.2, 0.25) is 5.91 Å². The van der Waals surface area contributed by atoms with Gasteiger partial charge in [0, 0.05) is 31.6 Å². The molecule has 1 heterocycles. The van der Waals surface area contributed by atoms with E-state index in [9.17, 15) is 9.18 Å². The summed E-state index contributed by atoms with van der Waals surface area (Å²) in [7, 11) is 0. The Labute approximate surface area is 131 Å². The molecule has 1 saturated carbocycles. The molecule has 4 heteroatoms. The molecule has 120 valence electrons. The number of likely N-dealkylation sites (tertiary alicyclic amines) is 1. The van der Waals surface area contributed by atoms with E-state index in [0.717, 1.165) is 37.9 Å². The number of benzene rings is 1. The van der Waals surface area contributed by atoms with Crippen molar-refractivity contribution in [1.82, 2.24) is 10.2 Å². The molecule has 2 atom stereocenters. The van der Waals surface area contributed by atoms with Gasteiger partial charge in [0.1, 0.15) is 5.82 Å². The fraction of sp³-hybridized carbons (Fsp3) is 0.611. The van der Waals surface area contributed by atoms with Crippen LogP contribution in [-0.4, -0.2) is 29.9 Å². The third-order valence-corrected chi connectivity index (χ3v) is 4.95. The number of piperidine rings is 1. The van der Waals surface area contributed by atoms with Crippen molar-refractivity contribution in [3.8, 4) is 0 Å². The second-order valence-corrected chi connectivity index (χ2v) is 6.90. The molecule has 0 spiro atoms. The molecule has 1 aliphatic heterocycles. The number of aryl methyl sites for hydroxylation is 1. The first kappa shape index (κ1) is 15.5. The van der Waals surface area contributed by atoms with E-state index in [0.29, 0.717) is 35.9 Å². The molecule has 0 aromatic heterocycles. The number of rotatable bonds is 4. The smallest absolute Gasteiger partial charge is 0.225 e. The lowest BCUT2D eigenvalue weighted by molar-refractivity contribution is -0.134. The Morgan fingerprint density at radius 2 is 2.14 bits per heavy atom. The summed E-state index contributed by atoms with van der Waals surface area (Å²) in [6, 6.07) is 5.81. The minimum atomic E-state index is -0.141. The van der Waals surface area contributed by atoms with Crippen LogP contribution in [-0.2, 0) is 11.3 Å². The van der Waals surface area contributed by atoms with Gasteiger partial charge in [0.05, 0.1) is 0 Å². The predicted molar refractivity (Wildman–Crippen MR) is 84.8 cm³/mol. The number of nitrogens with zero attached hydrogens (tertiary/aromatic N) is 1. The van der Waals surface area contributed by atoms with Gasteiger partial charge in [-0.1, -0.05) is 19.1 Å². The molecule has 1 saturated heterocycles. The zero-order chi connectivity index (χ0) is 15.7. The van der Waals surface area contributed by atoms with Crippen LogP contribution in [0.15, 0.2) is 18.2 Å². The molecule has 2 aliphatic rings. The van der Waals surface area contributed by atoms with Crippen LogP contribution in [0.1, 0.15) is 37.3 Å². The van der Waals surface area contributed by atoms with E-state index in [1.165, 1.54) is 0 Å². The summed E-state index contributed by atoms with van der Waals surface area (Å²) in [6.07, 6.45) is 3.13. The number of carbonyl (C=O) groups is 1. The Morgan fingerprint density at radius 1 is 1.36 bits per heavy atom. The molecule has 1 aromatic carbocycles. The third kappa shape index (κ3) is 3.49. The third-order valence-electron chi connectivity index (χ3n) is 4.95. The maximum atomic E-state index is 13.6. The maximum Gasteiger partial charge on any atom is 0.225 e. The molecule has 1 N–H and O–H groups in total. The van der Waals surface area contributed by atoms with E-state index in [2.05, 4.69) is 12.2 Å². The highest BCUT2D eigenvalue weighted by Crippen LogP contribution is 2.32. The Balaban J connectivity index is 1.51. The molecular weight excluding hydrogens is 279 g/mol. The monoisotopic (exact) mass is 304 g/mol. The van der Waals surface area contributed by atoms with Crippen molar-refractivity contribution in [1.29, 1.82) is 0 Å². The van der Waals surface area contributed by atoms with Crippen molar-refractivity contribution in [2.75, 3.05) is 13.1 Å². The molecule has 1 aliphatic carbocycles. The first-order valence-corrected chi connectivity index (χ1v) is 8.32. The van der Waals surface area contributed by atoms with Crippen molar-refractivity contribution >= 4 is 5.91 Å². The van der Waals surface area contributed by atoms with Crippen LogP contribution < -0.4 is 5.32 Å². The van der Waals surface area contributed by atoms with Crippen LogP contribution in [0.5, 0.6) is 0 Å². The quantitative estimate of drug-likeness (QED) is 0.927. The highest BCUT2D eigenvalue weighted by molar-refractivity contribution is 5.81. The Hall–Kier alpha value is -1.42. The van der Waals surface area contributed by atoms with Gasteiger partial charge in [0.15, 0.2) is 0 Å². The topological polar surface area (TPSA) is 32.3 Å². The van der Waals surface area contributed by atoms with E-state index in [1.807, 2.05) is 17.0 Å². The van der Waals surface area contributed by atoms with Gasteiger partial charge in [-0.15, -0.1) is 0 Å². The molecule has 1 aromatic rings. The van der Waals surface area contributed by atoms with Crippen LogP contribution >= 0.6 is 0 Å². The SMILES string of the molecule is Cc1ccc(CN[C@@H]2CCN(C(=O)C3CC3)C[C@H]2C)cc1F. The molecule has 1 amide bonds. The van der Waals surface area contributed by atoms with Gasteiger partial charge in [-0.3, -0.25) is 4.79 Å². The Bertz CT molecular complexity index is 556. The van der Waals surface area contributed by atoms with Gasteiger partial charge in [-0.2, -0.15) is 0 Å². The van der Waals surface area contributed by atoms with E-state index in [4.69, 9.17) is 0 Å². The summed E-state index contributed by atoms with van der Waals surface area (Å²) in [5.74, 6) is 0.960. The minimum Gasteiger partial charge on any atom is -0.342 e. The average Bonchev–Trinajstić information content (AvgIpc) is 3.33. The lowest BCUT2D eigenvalue weighted by Gasteiger charge is -2.37. The molecular formula is C18H25FN2O. The van der Waals surface area contributed by atoms with Gasteiger partial charge in [-0.05, 0) is 49.3 Å². The van der Waals surface area contributed by atoms with Crippen molar-refractivity contribution in [3.63, 3.8) is 0 Å². The second kappa shape index (κ2) is 6.37. The zero-order valence-corrected chi connectivity index (χ0v) is 13.4. The summed E-state index contributed by atoms with van der Waals surface area (Å²) in [5.41, 5.74) is 1.66. The van der Waals surface area contributed by atoms with Gasteiger partial charge in [0.25, 0.3) is 0 Å². The second-order valence-electron chi connectivity index (χ2n) is 6.90. The number of hydrogen-bond acceptors (Lipinski definition) is 2. The maximum absolute atomic E-state index is 13.6. The molecule has 0 bridgehead atoms. The van der Waals surface area contributed by atoms with Crippen LogP contribution in [0.2, 0.25) is 0 Å². The Kier molecular flexibility index (Phi) is 4.48. The number of nitrogens with one attached hydrogen (secondary N) is 1. The summed E-state index contributed by atoms with van der Waals surface area (Å²) in [4.78, 5) is 14.2.